The Balaban J connectivity index is 1.27. The highest BCUT2D eigenvalue weighted by molar-refractivity contribution is 5.87. The van der Waals surface area contributed by atoms with Crippen LogP contribution >= 0.6 is 0 Å². The number of aryl methyl sites for hydroxylation is 1. The Morgan fingerprint density at radius 2 is 1.57 bits per heavy atom. The Morgan fingerprint density at radius 3 is 2.19 bits per heavy atom. The van der Waals surface area contributed by atoms with Crippen LogP contribution in [-0.2, 0) is 21.4 Å². The molecule has 1 atom stereocenters. The van der Waals surface area contributed by atoms with Gasteiger partial charge in [0.25, 0.3) is 0 Å². The van der Waals surface area contributed by atoms with Crippen molar-refractivity contribution in [1.82, 2.24) is 5.16 Å². The van der Waals surface area contributed by atoms with Crippen LogP contribution in [0.3, 0.4) is 0 Å². The van der Waals surface area contributed by atoms with Gasteiger partial charge in [0.05, 0.1) is 24.3 Å². The van der Waals surface area contributed by atoms with Crippen molar-refractivity contribution in [2.75, 3.05) is 13.2 Å². The molecule has 37 heavy (non-hydrogen) atoms. The lowest BCUT2D eigenvalue weighted by Gasteiger charge is -2.15. The van der Waals surface area contributed by atoms with Gasteiger partial charge in [-0.1, -0.05) is 78.8 Å². The summed E-state index contributed by atoms with van der Waals surface area (Å²) in [6.45, 7) is 7.06. The zero-order valence-corrected chi connectivity index (χ0v) is 21.7. The van der Waals surface area contributed by atoms with Gasteiger partial charge in [0.15, 0.2) is 5.76 Å². The standard InChI is InChI=1S/C32H33NO4/c1-4-35-31(34)32(18-19-32)27-16-14-25(15-17-27)24-10-12-26(13-11-24)30-29(23(3)33-37-30)20-22(2)21-36-28-8-6-5-7-9-28/h5-17,22H,4,18-21H2,1-3H3. The van der Waals surface area contributed by atoms with Crippen molar-refractivity contribution in [3.63, 3.8) is 0 Å². The van der Waals surface area contributed by atoms with Crippen LogP contribution in [0, 0.1) is 12.8 Å². The highest BCUT2D eigenvalue weighted by Crippen LogP contribution is 2.49. The zero-order chi connectivity index (χ0) is 25.8. The van der Waals surface area contributed by atoms with Crippen molar-refractivity contribution in [2.45, 2.75) is 45.4 Å². The van der Waals surface area contributed by atoms with Crippen LogP contribution in [0.1, 0.15) is 43.5 Å². The molecule has 4 aromatic rings. The molecule has 0 spiro atoms. The van der Waals surface area contributed by atoms with Crippen molar-refractivity contribution >= 4 is 5.97 Å². The monoisotopic (exact) mass is 495 g/mol. The SMILES string of the molecule is CCOC(=O)C1(c2ccc(-c3ccc(-c4onc(C)c4CC(C)COc4ccccc4)cc3)cc2)CC1. The number of carbonyl (C=O) groups is 1. The number of nitrogens with zero attached hydrogens (tertiary/aromatic N) is 1. The summed E-state index contributed by atoms with van der Waals surface area (Å²) in [5.41, 5.74) is 5.85. The third kappa shape index (κ3) is 5.31. The molecule has 0 bridgehead atoms. The molecule has 1 fully saturated rings. The van der Waals surface area contributed by atoms with Gasteiger partial charge < -0.3 is 14.0 Å². The second-order valence-electron chi connectivity index (χ2n) is 9.97. The molecule has 190 valence electrons. The fourth-order valence-corrected chi connectivity index (χ4v) is 4.82. The maximum atomic E-state index is 12.4. The van der Waals surface area contributed by atoms with E-state index in [0.29, 0.717) is 19.1 Å². The molecule has 3 aromatic carbocycles. The first-order valence-electron chi connectivity index (χ1n) is 13.0. The second kappa shape index (κ2) is 10.6. The van der Waals surface area contributed by atoms with Crippen molar-refractivity contribution in [3.05, 3.63) is 95.7 Å². The van der Waals surface area contributed by atoms with Crippen molar-refractivity contribution < 1.29 is 18.8 Å². The zero-order valence-electron chi connectivity index (χ0n) is 21.7. The van der Waals surface area contributed by atoms with Crippen LogP contribution < -0.4 is 4.74 Å². The van der Waals surface area contributed by atoms with Crippen LogP contribution in [0.25, 0.3) is 22.5 Å². The van der Waals surface area contributed by atoms with Gasteiger partial charge in [-0.15, -0.1) is 0 Å². The Hall–Kier alpha value is -3.86. The molecular weight excluding hydrogens is 462 g/mol. The number of hydrogen-bond donors (Lipinski definition) is 0. The summed E-state index contributed by atoms with van der Waals surface area (Å²) in [6.07, 6.45) is 2.54. The van der Waals surface area contributed by atoms with Crippen molar-refractivity contribution in [1.29, 1.82) is 0 Å². The molecule has 0 N–H and O–H groups in total. The number of esters is 1. The van der Waals surface area contributed by atoms with Crippen molar-refractivity contribution in [3.8, 4) is 28.2 Å². The van der Waals surface area contributed by atoms with Crippen LogP contribution in [0.2, 0.25) is 0 Å². The molecule has 1 saturated carbocycles. The first kappa shape index (κ1) is 24.8. The van der Waals surface area contributed by atoms with Gasteiger partial charge in [-0.3, -0.25) is 4.79 Å². The molecule has 1 unspecified atom stereocenters. The maximum Gasteiger partial charge on any atom is 0.316 e. The molecule has 1 aliphatic rings. The van der Waals surface area contributed by atoms with E-state index in [1.165, 1.54) is 0 Å². The molecule has 0 saturated heterocycles. The predicted octanol–water partition coefficient (Wildman–Crippen LogP) is 7.17. The summed E-state index contributed by atoms with van der Waals surface area (Å²) in [7, 11) is 0. The molecule has 5 heteroatoms. The summed E-state index contributed by atoms with van der Waals surface area (Å²) < 4.78 is 17.0. The van der Waals surface area contributed by atoms with E-state index >= 15 is 0 Å². The molecule has 5 nitrogen and oxygen atoms in total. The first-order valence-corrected chi connectivity index (χ1v) is 13.0. The Labute approximate surface area is 218 Å². The quantitative estimate of drug-likeness (QED) is 0.218. The van der Waals surface area contributed by atoms with Crippen LogP contribution in [0.4, 0.5) is 0 Å². The molecule has 1 heterocycles. The average Bonchev–Trinajstić information content (AvgIpc) is 3.67. The predicted molar refractivity (Wildman–Crippen MR) is 144 cm³/mol. The normalized spacial score (nSPS) is 14.7. The number of aromatic nitrogens is 1. The number of benzene rings is 3. The van der Waals surface area contributed by atoms with Gasteiger partial charge >= 0.3 is 5.97 Å². The lowest BCUT2D eigenvalue weighted by atomic mass is 9.93. The largest absolute Gasteiger partial charge is 0.493 e. The van der Waals surface area contributed by atoms with Gasteiger partial charge in [0.1, 0.15) is 5.75 Å². The lowest BCUT2D eigenvalue weighted by molar-refractivity contribution is -0.146. The molecule has 0 amide bonds. The van der Waals surface area contributed by atoms with E-state index < -0.39 is 5.41 Å². The second-order valence-corrected chi connectivity index (χ2v) is 9.97. The number of carbonyl (C=O) groups excluding carboxylic acids is 1. The van der Waals surface area contributed by atoms with Gasteiger partial charge in [-0.05, 0) is 67.9 Å². The van der Waals surface area contributed by atoms with E-state index in [1.807, 2.05) is 44.2 Å². The minimum Gasteiger partial charge on any atom is -0.493 e. The third-order valence-electron chi connectivity index (χ3n) is 7.15. The van der Waals surface area contributed by atoms with Gasteiger partial charge in [0, 0.05) is 11.1 Å². The fourth-order valence-electron chi connectivity index (χ4n) is 4.82. The van der Waals surface area contributed by atoms with Crippen LogP contribution in [-0.4, -0.2) is 24.3 Å². The third-order valence-corrected chi connectivity index (χ3v) is 7.15. The van der Waals surface area contributed by atoms with E-state index in [4.69, 9.17) is 14.0 Å². The number of ether oxygens (including phenoxy) is 2. The highest BCUT2D eigenvalue weighted by Gasteiger charge is 2.52. The van der Waals surface area contributed by atoms with E-state index in [0.717, 1.165) is 64.3 Å². The maximum absolute atomic E-state index is 12.4. The number of para-hydroxylation sites is 1. The first-order chi connectivity index (χ1) is 18.0. The Morgan fingerprint density at radius 1 is 0.946 bits per heavy atom. The summed E-state index contributed by atoms with van der Waals surface area (Å²) in [5.74, 6) is 1.90. The molecule has 0 radical (unpaired) electrons. The van der Waals surface area contributed by atoms with Gasteiger partial charge in [-0.2, -0.15) is 0 Å². The topological polar surface area (TPSA) is 61.6 Å². The number of rotatable bonds is 10. The molecular formula is C32H33NO4. The van der Waals surface area contributed by atoms with Gasteiger partial charge in [-0.25, -0.2) is 0 Å². The van der Waals surface area contributed by atoms with E-state index in [9.17, 15) is 4.79 Å². The average molecular weight is 496 g/mol. The van der Waals surface area contributed by atoms with Gasteiger partial charge in [0.2, 0.25) is 0 Å². The minimum atomic E-state index is -0.442. The molecule has 1 aromatic heterocycles. The van der Waals surface area contributed by atoms with E-state index in [2.05, 4.69) is 60.6 Å². The summed E-state index contributed by atoms with van der Waals surface area (Å²) in [6, 6.07) is 26.6. The minimum absolute atomic E-state index is 0.105. The lowest BCUT2D eigenvalue weighted by Crippen LogP contribution is -2.23. The summed E-state index contributed by atoms with van der Waals surface area (Å²) >= 11 is 0. The Bertz CT molecular complexity index is 1340. The van der Waals surface area contributed by atoms with E-state index in [-0.39, 0.29) is 5.97 Å². The van der Waals surface area contributed by atoms with Crippen LogP contribution in [0.5, 0.6) is 5.75 Å². The number of hydrogen-bond acceptors (Lipinski definition) is 5. The molecule has 0 aliphatic heterocycles. The smallest absolute Gasteiger partial charge is 0.316 e. The highest BCUT2D eigenvalue weighted by atomic mass is 16.5. The molecule has 5 rings (SSSR count). The Kier molecular flexibility index (Phi) is 7.13. The van der Waals surface area contributed by atoms with Crippen molar-refractivity contribution in [2.24, 2.45) is 5.92 Å². The van der Waals surface area contributed by atoms with E-state index in [1.54, 1.807) is 0 Å². The summed E-state index contributed by atoms with van der Waals surface area (Å²) in [4.78, 5) is 12.4. The molecule has 1 aliphatic carbocycles. The van der Waals surface area contributed by atoms with Crippen LogP contribution in [0.15, 0.2) is 83.4 Å². The summed E-state index contributed by atoms with van der Waals surface area (Å²) in [5, 5.41) is 4.26. The fraction of sp³-hybridized carbons (Fsp3) is 0.312.